The lowest BCUT2D eigenvalue weighted by molar-refractivity contribution is -0.141. The summed E-state index contributed by atoms with van der Waals surface area (Å²) in [5.41, 5.74) is -0.854. The summed E-state index contributed by atoms with van der Waals surface area (Å²) in [6, 6.07) is 0. The first-order valence-corrected chi connectivity index (χ1v) is 5.61. The number of nitrogens with zero attached hydrogens (tertiary/aromatic N) is 1. The van der Waals surface area contributed by atoms with Gasteiger partial charge in [-0.2, -0.15) is 13.2 Å². The highest BCUT2D eigenvalue weighted by molar-refractivity contribution is 7.80. The van der Waals surface area contributed by atoms with Gasteiger partial charge in [0.1, 0.15) is 0 Å². The highest BCUT2D eigenvalue weighted by Gasteiger charge is 2.35. The van der Waals surface area contributed by atoms with Crippen LogP contribution in [0.3, 0.4) is 0 Å². The second-order valence-corrected chi connectivity index (χ2v) is 3.82. The van der Waals surface area contributed by atoms with Crippen LogP contribution in [-0.4, -0.2) is 35.2 Å². The molecule has 0 bridgehead atoms. The molecular formula is C9H14F3N5S. The zero-order valence-electron chi connectivity index (χ0n) is 9.69. The average molecular weight is 281 g/mol. The highest BCUT2D eigenvalue weighted by Crippen LogP contribution is 2.29. The number of nitrogens with one attached hydrogen (secondary N) is 4. The Bertz CT molecular complexity index is 390. The summed E-state index contributed by atoms with van der Waals surface area (Å²) >= 11 is 4.84. The molecule has 9 heteroatoms. The second kappa shape index (κ2) is 6.55. The van der Waals surface area contributed by atoms with E-state index in [1.807, 2.05) is 0 Å². The molecule has 18 heavy (non-hydrogen) atoms. The van der Waals surface area contributed by atoms with E-state index in [0.29, 0.717) is 18.2 Å². The van der Waals surface area contributed by atoms with Crippen molar-refractivity contribution in [1.82, 2.24) is 25.9 Å². The fourth-order valence-corrected chi connectivity index (χ4v) is 1.37. The molecule has 1 aromatic rings. The number of hydrogen-bond donors (Lipinski definition) is 4. The third-order valence-corrected chi connectivity index (χ3v) is 2.45. The smallest absolute Gasteiger partial charge is 0.366 e. The number of halogens is 3. The van der Waals surface area contributed by atoms with Gasteiger partial charge in [-0.15, -0.1) is 0 Å². The fraction of sp³-hybridized carbons (Fsp3) is 0.556. The Morgan fingerprint density at radius 2 is 2.17 bits per heavy atom. The minimum Gasteiger partial charge on any atom is -0.366 e. The molecule has 0 fully saturated rings. The number of rotatable bonds is 5. The molecule has 1 aromatic heterocycles. The molecule has 0 saturated heterocycles. The highest BCUT2D eigenvalue weighted by atomic mass is 32.1. The van der Waals surface area contributed by atoms with Gasteiger partial charge in [-0.05, 0) is 12.2 Å². The van der Waals surface area contributed by atoms with Crippen molar-refractivity contribution in [3.63, 3.8) is 0 Å². The summed E-state index contributed by atoms with van der Waals surface area (Å²) in [6.45, 7) is 1.08. The van der Waals surface area contributed by atoms with Crippen LogP contribution in [0.2, 0.25) is 0 Å². The van der Waals surface area contributed by atoms with Gasteiger partial charge in [-0.25, -0.2) is 4.98 Å². The van der Waals surface area contributed by atoms with Crippen molar-refractivity contribution < 1.29 is 13.2 Å². The predicted molar refractivity (Wildman–Crippen MR) is 65.0 cm³/mol. The minimum absolute atomic E-state index is 0.0266. The van der Waals surface area contributed by atoms with Gasteiger partial charge in [-0.3, -0.25) is 0 Å². The lowest BCUT2D eigenvalue weighted by Gasteiger charge is -2.09. The van der Waals surface area contributed by atoms with Crippen LogP contribution in [0.4, 0.5) is 13.2 Å². The van der Waals surface area contributed by atoms with Crippen molar-refractivity contribution in [2.75, 3.05) is 20.1 Å². The van der Waals surface area contributed by atoms with E-state index in [1.165, 1.54) is 0 Å². The van der Waals surface area contributed by atoms with Crippen LogP contribution < -0.4 is 16.0 Å². The van der Waals surface area contributed by atoms with Crippen LogP contribution in [0.1, 0.15) is 11.4 Å². The Labute approximate surface area is 108 Å². The maximum atomic E-state index is 12.5. The van der Waals surface area contributed by atoms with Crippen molar-refractivity contribution >= 4 is 17.3 Å². The molecule has 0 aliphatic heterocycles. The molecule has 0 saturated carbocycles. The molecule has 0 radical (unpaired) electrons. The van der Waals surface area contributed by atoms with Gasteiger partial charge in [0.05, 0.1) is 12.0 Å². The number of H-pyrrole nitrogens is 1. The number of hydrogen-bond acceptors (Lipinski definition) is 3. The average Bonchev–Trinajstić information content (AvgIpc) is 2.76. The predicted octanol–water partition coefficient (Wildman–Crippen LogP) is 0.612. The molecule has 0 aliphatic rings. The molecule has 0 spiro atoms. The van der Waals surface area contributed by atoms with E-state index < -0.39 is 11.9 Å². The third kappa shape index (κ3) is 4.49. The number of aromatic nitrogens is 2. The molecule has 0 unspecified atom stereocenters. The number of aromatic amines is 1. The summed E-state index contributed by atoms with van der Waals surface area (Å²) in [5, 5.41) is 8.95. The zero-order chi connectivity index (χ0) is 13.6. The van der Waals surface area contributed by atoms with Gasteiger partial charge in [-0.1, -0.05) is 0 Å². The van der Waals surface area contributed by atoms with E-state index in [2.05, 4.69) is 25.9 Å². The van der Waals surface area contributed by atoms with Crippen molar-refractivity contribution in [3.05, 3.63) is 17.7 Å². The molecular weight excluding hydrogens is 267 g/mol. The Morgan fingerprint density at radius 3 is 2.78 bits per heavy atom. The van der Waals surface area contributed by atoms with Crippen LogP contribution in [0.25, 0.3) is 0 Å². The second-order valence-electron chi connectivity index (χ2n) is 3.41. The molecule has 0 atom stereocenters. The van der Waals surface area contributed by atoms with E-state index in [4.69, 9.17) is 12.2 Å². The summed E-state index contributed by atoms with van der Waals surface area (Å²) in [7, 11) is 1.68. The maximum absolute atomic E-state index is 12.5. The van der Waals surface area contributed by atoms with Gasteiger partial charge < -0.3 is 20.9 Å². The first kappa shape index (κ1) is 14.7. The summed E-state index contributed by atoms with van der Waals surface area (Å²) in [5.74, 6) is 0. The molecule has 0 aliphatic carbocycles. The van der Waals surface area contributed by atoms with Crippen LogP contribution in [0.5, 0.6) is 0 Å². The quantitative estimate of drug-likeness (QED) is 0.470. The van der Waals surface area contributed by atoms with Gasteiger partial charge in [0.25, 0.3) is 0 Å². The molecule has 1 heterocycles. The van der Waals surface area contributed by atoms with Crippen molar-refractivity contribution in [2.45, 2.75) is 12.7 Å². The van der Waals surface area contributed by atoms with E-state index >= 15 is 0 Å². The first-order chi connectivity index (χ1) is 8.45. The standard InChI is InChI=1S/C9H14F3N5S/c1-13-8(18)15-3-2-14-4-6-7(9(10,11)12)17-5-16-6/h5,14H,2-4H2,1H3,(H,16,17)(H2,13,15,18). The van der Waals surface area contributed by atoms with Gasteiger partial charge in [0.15, 0.2) is 10.8 Å². The molecule has 0 aromatic carbocycles. The van der Waals surface area contributed by atoms with Gasteiger partial charge >= 0.3 is 6.18 Å². The molecule has 102 valence electrons. The number of imidazole rings is 1. The van der Waals surface area contributed by atoms with Gasteiger partial charge in [0.2, 0.25) is 0 Å². The Morgan fingerprint density at radius 1 is 1.44 bits per heavy atom. The Balaban J connectivity index is 2.32. The first-order valence-electron chi connectivity index (χ1n) is 5.21. The maximum Gasteiger partial charge on any atom is 0.435 e. The van der Waals surface area contributed by atoms with Crippen LogP contribution in [-0.2, 0) is 12.7 Å². The normalized spacial score (nSPS) is 11.3. The van der Waals surface area contributed by atoms with Gasteiger partial charge in [0, 0.05) is 26.7 Å². The van der Waals surface area contributed by atoms with E-state index in [-0.39, 0.29) is 12.2 Å². The summed E-state index contributed by atoms with van der Waals surface area (Å²) in [4.78, 5) is 5.73. The van der Waals surface area contributed by atoms with Crippen molar-refractivity contribution in [3.8, 4) is 0 Å². The Hall–Kier alpha value is -1.35. The largest absolute Gasteiger partial charge is 0.435 e. The number of alkyl halides is 3. The SMILES string of the molecule is CNC(=S)NCCNCc1[nH]cnc1C(F)(F)F. The van der Waals surface area contributed by atoms with Crippen LogP contribution in [0, 0.1) is 0 Å². The summed E-state index contributed by atoms with van der Waals surface area (Å²) < 4.78 is 37.4. The van der Waals surface area contributed by atoms with Crippen LogP contribution in [0.15, 0.2) is 6.33 Å². The summed E-state index contributed by atoms with van der Waals surface area (Å²) in [6.07, 6.45) is -3.39. The van der Waals surface area contributed by atoms with Crippen molar-refractivity contribution in [1.29, 1.82) is 0 Å². The topological polar surface area (TPSA) is 64.8 Å². The van der Waals surface area contributed by atoms with Crippen LogP contribution >= 0.6 is 12.2 Å². The monoisotopic (exact) mass is 281 g/mol. The van der Waals surface area contributed by atoms with E-state index in [9.17, 15) is 13.2 Å². The fourth-order valence-electron chi connectivity index (χ4n) is 1.27. The third-order valence-electron chi connectivity index (χ3n) is 2.10. The number of thiocarbonyl (C=S) groups is 1. The van der Waals surface area contributed by atoms with E-state index in [1.54, 1.807) is 7.05 Å². The molecule has 5 nitrogen and oxygen atoms in total. The van der Waals surface area contributed by atoms with E-state index in [0.717, 1.165) is 6.33 Å². The minimum atomic E-state index is -4.43. The lowest BCUT2D eigenvalue weighted by Crippen LogP contribution is -2.37. The molecule has 4 N–H and O–H groups in total. The lowest BCUT2D eigenvalue weighted by atomic mass is 10.3. The molecule has 1 rings (SSSR count). The Kier molecular flexibility index (Phi) is 5.35. The molecule has 0 amide bonds. The zero-order valence-corrected chi connectivity index (χ0v) is 10.5. The van der Waals surface area contributed by atoms with Crippen molar-refractivity contribution in [2.24, 2.45) is 0 Å².